The van der Waals surface area contributed by atoms with E-state index in [-0.39, 0.29) is 19.4 Å². The number of aryl methyl sites for hydroxylation is 1. The molecule has 0 saturated carbocycles. The Kier molecular flexibility index (Phi) is 8.05. The number of carbonyl (C=O) groups is 2. The minimum absolute atomic E-state index is 0.167. The van der Waals surface area contributed by atoms with Crippen molar-refractivity contribution < 1.29 is 24.2 Å². The Labute approximate surface area is 166 Å². The Morgan fingerprint density at radius 3 is 2.32 bits per heavy atom. The normalized spacial score (nSPS) is 12.8. The lowest BCUT2D eigenvalue weighted by atomic mass is 9.78. The van der Waals surface area contributed by atoms with Crippen LogP contribution in [-0.2, 0) is 27.4 Å². The van der Waals surface area contributed by atoms with Gasteiger partial charge in [-0.05, 0) is 49.4 Å². The first kappa shape index (κ1) is 21.5. The molecule has 2 aromatic rings. The number of carbonyl (C=O) groups excluding carboxylic acids is 1. The molecule has 0 bridgehead atoms. The van der Waals surface area contributed by atoms with E-state index in [0.717, 1.165) is 11.1 Å². The lowest BCUT2D eigenvalue weighted by molar-refractivity contribution is -0.169. The van der Waals surface area contributed by atoms with Crippen LogP contribution in [0, 0.1) is 5.41 Å². The number of carboxylic acids is 1. The van der Waals surface area contributed by atoms with Crippen molar-refractivity contribution in [1.82, 2.24) is 0 Å². The number of benzene rings is 2. The van der Waals surface area contributed by atoms with Crippen LogP contribution in [0.15, 0.2) is 54.6 Å². The predicted molar refractivity (Wildman–Crippen MR) is 107 cm³/mol. The fraction of sp³-hybridized carbons (Fsp3) is 0.391. The van der Waals surface area contributed by atoms with E-state index in [9.17, 15) is 14.7 Å². The number of carboxylic acid groups (broad SMARTS) is 1. The van der Waals surface area contributed by atoms with E-state index >= 15 is 0 Å². The highest BCUT2D eigenvalue weighted by atomic mass is 16.5. The summed E-state index contributed by atoms with van der Waals surface area (Å²) in [5.74, 6) is -1.06. The number of rotatable bonds is 11. The zero-order valence-corrected chi connectivity index (χ0v) is 16.5. The first-order valence-corrected chi connectivity index (χ1v) is 9.68. The summed E-state index contributed by atoms with van der Waals surface area (Å²) in [6, 6.07) is 17.4. The number of hydrogen-bond acceptors (Lipinski definition) is 4. The van der Waals surface area contributed by atoms with Crippen molar-refractivity contribution in [2.45, 2.75) is 46.1 Å². The summed E-state index contributed by atoms with van der Waals surface area (Å²) < 4.78 is 10.9. The van der Waals surface area contributed by atoms with Gasteiger partial charge in [-0.3, -0.25) is 9.59 Å². The maximum absolute atomic E-state index is 12.4. The minimum atomic E-state index is -1.51. The quantitative estimate of drug-likeness (QED) is 0.452. The van der Waals surface area contributed by atoms with E-state index in [2.05, 4.69) is 0 Å². The molecule has 0 aromatic heterocycles. The summed E-state index contributed by atoms with van der Waals surface area (Å²) in [6.45, 7) is 4.18. The molecular weight excluding hydrogens is 356 g/mol. The molecule has 0 spiro atoms. The molecule has 2 aromatic carbocycles. The molecule has 1 atom stereocenters. The van der Waals surface area contributed by atoms with Gasteiger partial charge in [-0.1, -0.05) is 55.8 Å². The average Bonchev–Trinajstić information content (AvgIpc) is 2.70. The topological polar surface area (TPSA) is 72.8 Å². The van der Waals surface area contributed by atoms with E-state index in [0.29, 0.717) is 25.2 Å². The second-order valence-corrected chi connectivity index (χ2v) is 6.78. The molecule has 2 rings (SSSR count). The summed E-state index contributed by atoms with van der Waals surface area (Å²) in [5, 5.41) is 9.77. The highest BCUT2D eigenvalue weighted by Crippen LogP contribution is 2.33. The molecule has 5 nitrogen and oxygen atoms in total. The summed E-state index contributed by atoms with van der Waals surface area (Å²) in [4.78, 5) is 24.4. The maximum atomic E-state index is 12.4. The van der Waals surface area contributed by atoms with Crippen LogP contribution in [0.25, 0.3) is 0 Å². The van der Waals surface area contributed by atoms with E-state index in [1.807, 2.05) is 61.5 Å². The van der Waals surface area contributed by atoms with Crippen molar-refractivity contribution >= 4 is 11.9 Å². The lowest BCUT2D eigenvalue weighted by Crippen LogP contribution is -2.41. The van der Waals surface area contributed by atoms with Gasteiger partial charge in [0.15, 0.2) is 5.41 Å². The summed E-state index contributed by atoms with van der Waals surface area (Å²) in [5.41, 5.74) is 0.491. The molecule has 1 N–H and O–H groups in total. The fourth-order valence-electron chi connectivity index (χ4n) is 3.22. The van der Waals surface area contributed by atoms with Crippen molar-refractivity contribution in [2.75, 3.05) is 6.61 Å². The van der Waals surface area contributed by atoms with Crippen LogP contribution in [0.5, 0.6) is 5.75 Å². The monoisotopic (exact) mass is 384 g/mol. The predicted octanol–water partition coefficient (Wildman–Crippen LogP) is 4.63. The lowest BCUT2D eigenvalue weighted by Gasteiger charge is -2.26. The van der Waals surface area contributed by atoms with E-state index in [1.165, 1.54) is 0 Å². The molecule has 0 aliphatic rings. The largest absolute Gasteiger partial charge is 0.489 e. The molecule has 0 radical (unpaired) electrons. The van der Waals surface area contributed by atoms with Gasteiger partial charge in [-0.25, -0.2) is 0 Å². The molecule has 0 aliphatic carbocycles. The summed E-state index contributed by atoms with van der Waals surface area (Å²) >= 11 is 0. The average molecular weight is 384 g/mol. The minimum Gasteiger partial charge on any atom is -0.489 e. The van der Waals surface area contributed by atoms with E-state index in [4.69, 9.17) is 9.47 Å². The van der Waals surface area contributed by atoms with Gasteiger partial charge in [0.25, 0.3) is 0 Å². The van der Waals surface area contributed by atoms with Crippen molar-refractivity contribution in [3.05, 3.63) is 65.7 Å². The molecular formula is C23H28O5. The van der Waals surface area contributed by atoms with Crippen LogP contribution in [0.1, 0.15) is 44.2 Å². The number of hydrogen-bond donors (Lipinski definition) is 1. The molecule has 1 unspecified atom stereocenters. The third kappa shape index (κ3) is 5.59. The summed E-state index contributed by atoms with van der Waals surface area (Å²) in [7, 11) is 0. The van der Waals surface area contributed by atoms with Crippen molar-refractivity contribution in [2.24, 2.45) is 5.41 Å². The van der Waals surface area contributed by atoms with Crippen molar-refractivity contribution in [1.29, 1.82) is 0 Å². The maximum Gasteiger partial charge on any atom is 0.323 e. The van der Waals surface area contributed by atoms with Crippen molar-refractivity contribution in [3.63, 3.8) is 0 Å². The zero-order valence-electron chi connectivity index (χ0n) is 16.5. The zero-order chi connectivity index (χ0) is 20.4. The molecule has 0 saturated heterocycles. The molecule has 28 heavy (non-hydrogen) atoms. The molecule has 0 heterocycles. The van der Waals surface area contributed by atoms with Gasteiger partial charge >= 0.3 is 11.9 Å². The second-order valence-electron chi connectivity index (χ2n) is 6.78. The first-order valence-electron chi connectivity index (χ1n) is 9.68. The first-order chi connectivity index (χ1) is 13.5. The molecule has 0 aliphatic heterocycles. The third-order valence-electron chi connectivity index (χ3n) is 4.74. The second kappa shape index (κ2) is 10.5. The van der Waals surface area contributed by atoms with Crippen LogP contribution in [-0.4, -0.2) is 23.7 Å². The van der Waals surface area contributed by atoms with Crippen LogP contribution in [0.3, 0.4) is 0 Å². The standard InChI is InChI=1S/C23H28O5/c1-3-14-23(21(24)25,22(26)27-4-2)15-13-18-11-8-12-20(16-18)28-17-19-9-6-5-7-10-19/h5-12,16H,3-4,13-15,17H2,1-2H3,(H,24,25). The third-order valence-corrected chi connectivity index (χ3v) is 4.74. The Morgan fingerprint density at radius 2 is 1.68 bits per heavy atom. The Bertz CT molecular complexity index is 772. The number of ether oxygens (including phenoxy) is 2. The van der Waals surface area contributed by atoms with Gasteiger partial charge in [0.05, 0.1) is 6.61 Å². The van der Waals surface area contributed by atoms with Crippen LogP contribution in [0.4, 0.5) is 0 Å². The van der Waals surface area contributed by atoms with Crippen molar-refractivity contribution in [3.8, 4) is 5.75 Å². The number of aliphatic carboxylic acids is 1. The number of esters is 1. The Balaban J connectivity index is 2.08. The SMILES string of the molecule is CCCC(CCc1cccc(OCc2ccccc2)c1)(C(=O)O)C(=O)OCC. The van der Waals surface area contributed by atoms with Gasteiger partial charge in [-0.2, -0.15) is 0 Å². The smallest absolute Gasteiger partial charge is 0.323 e. The van der Waals surface area contributed by atoms with E-state index in [1.54, 1.807) is 6.92 Å². The molecule has 5 heteroatoms. The van der Waals surface area contributed by atoms with Gasteiger partial charge in [0, 0.05) is 0 Å². The van der Waals surface area contributed by atoms with Gasteiger partial charge in [-0.15, -0.1) is 0 Å². The van der Waals surface area contributed by atoms with Crippen LogP contribution in [0.2, 0.25) is 0 Å². The van der Waals surface area contributed by atoms with Gasteiger partial charge in [0.1, 0.15) is 12.4 Å². The molecule has 0 fully saturated rings. The van der Waals surface area contributed by atoms with E-state index < -0.39 is 17.4 Å². The molecule has 150 valence electrons. The molecule has 0 amide bonds. The van der Waals surface area contributed by atoms with Gasteiger partial charge < -0.3 is 14.6 Å². The summed E-state index contributed by atoms with van der Waals surface area (Å²) in [6.07, 6.45) is 1.49. The fourth-order valence-corrected chi connectivity index (χ4v) is 3.22. The van der Waals surface area contributed by atoms with Crippen LogP contribution >= 0.6 is 0 Å². The van der Waals surface area contributed by atoms with Crippen LogP contribution < -0.4 is 4.74 Å². The highest BCUT2D eigenvalue weighted by molar-refractivity contribution is 5.99. The Hall–Kier alpha value is -2.82. The Morgan fingerprint density at radius 1 is 0.964 bits per heavy atom. The highest BCUT2D eigenvalue weighted by Gasteiger charge is 2.46. The van der Waals surface area contributed by atoms with Gasteiger partial charge in [0.2, 0.25) is 0 Å².